The molecule has 0 atom stereocenters. The van der Waals surface area contributed by atoms with Gasteiger partial charge in [0.25, 0.3) is 0 Å². The summed E-state index contributed by atoms with van der Waals surface area (Å²) in [5, 5.41) is 2.64. The molecule has 1 N–H and O–H groups in total. The Labute approximate surface area is 154 Å². The van der Waals surface area contributed by atoms with E-state index in [0.29, 0.717) is 31.9 Å². The fraction of sp³-hybridized carbons (Fsp3) is 0.316. The number of rotatable bonds is 4. The first-order valence-electron chi connectivity index (χ1n) is 8.56. The van der Waals surface area contributed by atoms with Crippen LogP contribution in [0.5, 0.6) is 0 Å². The molecule has 0 aliphatic carbocycles. The van der Waals surface area contributed by atoms with Gasteiger partial charge in [0.05, 0.1) is 4.90 Å². The number of carbonyl (C=O) groups excluding carboxylic acids is 1. The number of hydrogen-bond acceptors (Lipinski definition) is 4. The van der Waals surface area contributed by atoms with E-state index in [0.717, 1.165) is 5.69 Å². The molecule has 1 aliphatic heterocycles. The SMILES string of the molecule is CC(=O)Nc1ccc(S(=O)(=O)N2CCN(c3ccccc3C)CC2)cc1. The number of para-hydroxylation sites is 1. The van der Waals surface area contributed by atoms with Crippen molar-refractivity contribution in [1.82, 2.24) is 4.31 Å². The number of benzene rings is 2. The molecular formula is C19H23N3O3S. The highest BCUT2D eigenvalue weighted by molar-refractivity contribution is 7.89. The van der Waals surface area contributed by atoms with E-state index >= 15 is 0 Å². The maximum atomic E-state index is 12.9. The third-order valence-corrected chi connectivity index (χ3v) is 6.42. The average Bonchev–Trinajstić information content (AvgIpc) is 2.62. The zero-order chi connectivity index (χ0) is 18.7. The predicted octanol–water partition coefficient (Wildman–Crippen LogP) is 2.46. The van der Waals surface area contributed by atoms with Gasteiger partial charge in [0.1, 0.15) is 0 Å². The Morgan fingerprint density at radius 3 is 2.15 bits per heavy atom. The van der Waals surface area contributed by atoms with Crippen LogP contribution in [-0.4, -0.2) is 44.8 Å². The number of nitrogens with zero attached hydrogens (tertiary/aromatic N) is 2. The quantitative estimate of drug-likeness (QED) is 0.894. The summed E-state index contributed by atoms with van der Waals surface area (Å²) in [4.78, 5) is 13.5. The minimum atomic E-state index is -3.53. The van der Waals surface area contributed by atoms with Crippen LogP contribution in [0.2, 0.25) is 0 Å². The Morgan fingerprint density at radius 1 is 0.962 bits per heavy atom. The third kappa shape index (κ3) is 3.89. The van der Waals surface area contributed by atoms with E-state index < -0.39 is 10.0 Å². The van der Waals surface area contributed by atoms with Crippen LogP contribution in [0.3, 0.4) is 0 Å². The van der Waals surface area contributed by atoms with Gasteiger partial charge >= 0.3 is 0 Å². The highest BCUT2D eigenvalue weighted by Gasteiger charge is 2.28. The molecule has 138 valence electrons. The predicted molar refractivity (Wildman–Crippen MR) is 103 cm³/mol. The van der Waals surface area contributed by atoms with E-state index in [-0.39, 0.29) is 10.8 Å². The van der Waals surface area contributed by atoms with Crippen LogP contribution in [-0.2, 0) is 14.8 Å². The van der Waals surface area contributed by atoms with Crippen molar-refractivity contribution in [3.05, 3.63) is 54.1 Å². The van der Waals surface area contributed by atoms with Crippen LogP contribution in [0.25, 0.3) is 0 Å². The van der Waals surface area contributed by atoms with E-state index in [1.807, 2.05) is 12.1 Å². The van der Waals surface area contributed by atoms with Gasteiger partial charge in [-0.25, -0.2) is 8.42 Å². The van der Waals surface area contributed by atoms with Crippen molar-refractivity contribution in [1.29, 1.82) is 0 Å². The Morgan fingerprint density at radius 2 is 1.58 bits per heavy atom. The topological polar surface area (TPSA) is 69.7 Å². The van der Waals surface area contributed by atoms with Crippen LogP contribution >= 0.6 is 0 Å². The van der Waals surface area contributed by atoms with Crippen LogP contribution in [0.15, 0.2) is 53.4 Å². The van der Waals surface area contributed by atoms with Gasteiger partial charge in [0, 0.05) is 44.5 Å². The Kier molecular flexibility index (Phi) is 5.29. The number of hydrogen-bond donors (Lipinski definition) is 1. The molecule has 7 heteroatoms. The van der Waals surface area contributed by atoms with Crippen LogP contribution < -0.4 is 10.2 Å². The van der Waals surface area contributed by atoms with Crippen molar-refractivity contribution in [3.63, 3.8) is 0 Å². The molecule has 2 aromatic carbocycles. The monoisotopic (exact) mass is 373 g/mol. The van der Waals surface area contributed by atoms with Gasteiger partial charge in [-0.05, 0) is 42.8 Å². The maximum Gasteiger partial charge on any atom is 0.243 e. The first-order chi connectivity index (χ1) is 12.4. The molecule has 1 heterocycles. The second-order valence-corrected chi connectivity index (χ2v) is 8.32. The van der Waals surface area contributed by atoms with Crippen molar-refractivity contribution in [3.8, 4) is 0 Å². The molecule has 6 nitrogen and oxygen atoms in total. The molecule has 1 saturated heterocycles. The van der Waals surface area contributed by atoms with E-state index in [1.54, 1.807) is 12.1 Å². The van der Waals surface area contributed by atoms with Gasteiger partial charge in [0.2, 0.25) is 15.9 Å². The van der Waals surface area contributed by atoms with Crippen molar-refractivity contribution in [2.45, 2.75) is 18.7 Å². The number of aryl methyl sites for hydroxylation is 1. The lowest BCUT2D eigenvalue weighted by molar-refractivity contribution is -0.114. The molecule has 0 unspecified atom stereocenters. The van der Waals surface area contributed by atoms with Gasteiger partial charge in [-0.15, -0.1) is 0 Å². The molecule has 26 heavy (non-hydrogen) atoms. The molecule has 0 spiro atoms. The van der Waals surface area contributed by atoms with Gasteiger partial charge < -0.3 is 10.2 Å². The summed E-state index contributed by atoms with van der Waals surface area (Å²) in [5.41, 5.74) is 2.93. The highest BCUT2D eigenvalue weighted by atomic mass is 32.2. The normalized spacial score (nSPS) is 15.7. The lowest BCUT2D eigenvalue weighted by Gasteiger charge is -2.36. The molecule has 1 aliphatic rings. The maximum absolute atomic E-state index is 12.9. The third-order valence-electron chi connectivity index (χ3n) is 4.51. The summed E-state index contributed by atoms with van der Waals surface area (Å²) < 4.78 is 27.2. The van der Waals surface area contributed by atoms with Crippen LogP contribution in [0, 0.1) is 6.92 Å². The number of amides is 1. The number of piperazine rings is 1. The number of anilines is 2. The fourth-order valence-electron chi connectivity index (χ4n) is 3.15. The molecule has 0 radical (unpaired) electrons. The van der Waals surface area contributed by atoms with Gasteiger partial charge in [-0.1, -0.05) is 18.2 Å². The molecule has 1 amide bonds. The summed E-state index contributed by atoms with van der Waals surface area (Å²) in [7, 11) is -3.53. The van der Waals surface area contributed by atoms with Crippen molar-refractivity contribution < 1.29 is 13.2 Å². The number of sulfonamides is 1. The van der Waals surface area contributed by atoms with Gasteiger partial charge in [0.15, 0.2) is 0 Å². The smallest absolute Gasteiger partial charge is 0.243 e. The number of carbonyl (C=O) groups is 1. The second-order valence-electron chi connectivity index (χ2n) is 6.38. The Bertz CT molecular complexity index is 887. The largest absolute Gasteiger partial charge is 0.369 e. The molecule has 1 fully saturated rings. The van der Waals surface area contributed by atoms with Crippen LogP contribution in [0.4, 0.5) is 11.4 Å². The molecule has 0 aromatic heterocycles. The van der Waals surface area contributed by atoms with E-state index in [4.69, 9.17) is 0 Å². The zero-order valence-electron chi connectivity index (χ0n) is 15.0. The second kappa shape index (κ2) is 7.47. The van der Waals surface area contributed by atoms with E-state index in [1.165, 1.54) is 28.9 Å². The van der Waals surface area contributed by atoms with E-state index in [2.05, 4.69) is 29.3 Å². The first kappa shape index (κ1) is 18.4. The van der Waals surface area contributed by atoms with E-state index in [9.17, 15) is 13.2 Å². The molecule has 3 rings (SSSR count). The summed E-state index contributed by atoms with van der Waals surface area (Å²) in [6.45, 7) is 5.70. The fourth-order valence-corrected chi connectivity index (χ4v) is 4.57. The zero-order valence-corrected chi connectivity index (χ0v) is 15.8. The number of nitrogens with one attached hydrogen (secondary N) is 1. The van der Waals surface area contributed by atoms with Crippen molar-refractivity contribution >= 4 is 27.3 Å². The lowest BCUT2D eigenvalue weighted by Crippen LogP contribution is -2.48. The standard InChI is InChI=1S/C19H23N3O3S/c1-15-5-3-4-6-19(15)21-11-13-22(14-12-21)26(24,25)18-9-7-17(8-10-18)20-16(2)23/h3-10H,11-14H2,1-2H3,(H,20,23). The van der Waals surface area contributed by atoms with Gasteiger partial charge in [-0.3, -0.25) is 4.79 Å². The minimum absolute atomic E-state index is 0.187. The lowest BCUT2D eigenvalue weighted by atomic mass is 10.1. The summed E-state index contributed by atoms with van der Waals surface area (Å²) in [6.07, 6.45) is 0. The molecule has 0 bridgehead atoms. The summed E-state index contributed by atoms with van der Waals surface area (Å²) >= 11 is 0. The molecule has 0 saturated carbocycles. The first-order valence-corrected chi connectivity index (χ1v) is 10.0. The van der Waals surface area contributed by atoms with Crippen molar-refractivity contribution in [2.24, 2.45) is 0 Å². The van der Waals surface area contributed by atoms with Crippen molar-refractivity contribution in [2.75, 3.05) is 36.4 Å². The summed E-state index contributed by atoms with van der Waals surface area (Å²) in [5.74, 6) is -0.187. The highest BCUT2D eigenvalue weighted by Crippen LogP contribution is 2.24. The Hall–Kier alpha value is -2.38. The average molecular weight is 373 g/mol. The van der Waals surface area contributed by atoms with Crippen LogP contribution in [0.1, 0.15) is 12.5 Å². The van der Waals surface area contributed by atoms with Gasteiger partial charge in [-0.2, -0.15) is 4.31 Å². The minimum Gasteiger partial charge on any atom is -0.369 e. The summed E-state index contributed by atoms with van der Waals surface area (Å²) in [6, 6.07) is 14.4. The molecular weight excluding hydrogens is 350 g/mol. The Balaban J connectivity index is 1.70. The molecule has 2 aromatic rings.